The second kappa shape index (κ2) is 10.5. The van der Waals surface area contributed by atoms with Gasteiger partial charge in [0.1, 0.15) is 0 Å². The van der Waals surface area contributed by atoms with E-state index in [1.165, 1.54) is 44.1 Å². The normalized spacial score (nSPS) is 32.9. The topological polar surface area (TPSA) is 60.8 Å². The number of allylic oxidation sites excluding steroid dienone is 2. The number of unbranched alkanes of at least 4 members (excludes halogenated alkanes) is 1. The highest BCUT2D eigenvalue weighted by molar-refractivity contribution is 5.76. The molecule has 3 fully saturated rings. The summed E-state index contributed by atoms with van der Waals surface area (Å²) in [5, 5.41) is 21.0. The SMILES string of the molecule is O=C(CCCCC1=C[C@H]2C[C@@H](O)[C@H](C=C[C@@H](O)CC3CCCC3)[C@H]2C1)N1CCCC1. The molecule has 1 heterocycles. The summed E-state index contributed by atoms with van der Waals surface area (Å²) >= 11 is 0. The van der Waals surface area contributed by atoms with Crippen LogP contribution in [-0.4, -0.2) is 46.3 Å². The third kappa shape index (κ3) is 5.56. The van der Waals surface area contributed by atoms with Crippen LogP contribution < -0.4 is 0 Å². The zero-order chi connectivity index (χ0) is 20.9. The molecule has 0 spiro atoms. The fourth-order valence-corrected chi connectivity index (χ4v) is 6.47. The number of carbonyl (C=O) groups excluding carboxylic acids is 1. The summed E-state index contributed by atoms with van der Waals surface area (Å²) in [6, 6.07) is 0. The van der Waals surface area contributed by atoms with Crippen molar-refractivity contribution in [1.29, 1.82) is 0 Å². The minimum Gasteiger partial charge on any atom is -0.392 e. The zero-order valence-corrected chi connectivity index (χ0v) is 18.6. The lowest BCUT2D eigenvalue weighted by molar-refractivity contribution is -0.130. The van der Waals surface area contributed by atoms with Crippen molar-refractivity contribution in [1.82, 2.24) is 4.90 Å². The van der Waals surface area contributed by atoms with Crippen LogP contribution in [0.25, 0.3) is 0 Å². The number of fused-ring (bicyclic) bond motifs is 1. The quantitative estimate of drug-likeness (QED) is 0.427. The molecule has 4 rings (SSSR count). The molecule has 30 heavy (non-hydrogen) atoms. The third-order valence-corrected chi connectivity index (χ3v) is 8.15. The first-order valence-corrected chi connectivity index (χ1v) is 12.6. The van der Waals surface area contributed by atoms with Gasteiger partial charge in [0, 0.05) is 25.4 Å². The summed E-state index contributed by atoms with van der Waals surface area (Å²) in [4.78, 5) is 14.2. The lowest BCUT2D eigenvalue weighted by atomic mass is 9.88. The molecule has 3 aliphatic carbocycles. The molecule has 1 amide bonds. The summed E-state index contributed by atoms with van der Waals surface area (Å²) < 4.78 is 0. The van der Waals surface area contributed by atoms with Crippen LogP contribution in [0.3, 0.4) is 0 Å². The van der Waals surface area contributed by atoms with E-state index in [1.807, 2.05) is 11.0 Å². The van der Waals surface area contributed by atoms with Crippen molar-refractivity contribution in [2.24, 2.45) is 23.7 Å². The van der Waals surface area contributed by atoms with Crippen molar-refractivity contribution in [3.63, 3.8) is 0 Å². The predicted octanol–water partition coefficient (Wildman–Crippen LogP) is 4.61. The van der Waals surface area contributed by atoms with Gasteiger partial charge in [-0.15, -0.1) is 0 Å². The standard InChI is InChI=1S/C26H41NO3/c28-22(16-19-7-1-2-8-19)11-12-23-24-17-20(15-21(24)18-25(23)29)9-3-4-10-26(30)27-13-5-6-14-27/h11-12,15,19,21-25,28-29H,1-10,13-14,16-18H2/t21-,22+,23+,24-,25+/m0/s1. The van der Waals surface area contributed by atoms with Gasteiger partial charge in [0.05, 0.1) is 12.2 Å². The molecule has 4 heteroatoms. The van der Waals surface area contributed by atoms with E-state index in [-0.39, 0.29) is 18.1 Å². The monoisotopic (exact) mass is 415 g/mol. The van der Waals surface area contributed by atoms with Gasteiger partial charge in [-0.1, -0.05) is 49.5 Å². The van der Waals surface area contributed by atoms with Gasteiger partial charge in [-0.2, -0.15) is 0 Å². The fraction of sp³-hybridized carbons (Fsp3) is 0.808. The molecule has 2 saturated carbocycles. The minimum atomic E-state index is -0.360. The third-order valence-electron chi connectivity index (χ3n) is 8.15. The Morgan fingerprint density at radius 2 is 1.93 bits per heavy atom. The van der Waals surface area contributed by atoms with Gasteiger partial charge in [0.15, 0.2) is 0 Å². The molecule has 4 aliphatic rings. The number of nitrogens with zero attached hydrogens (tertiary/aromatic N) is 1. The Labute approximate surface area is 182 Å². The van der Waals surface area contributed by atoms with Gasteiger partial charge in [0.25, 0.3) is 0 Å². The van der Waals surface area contributed by atoms with E-state index in [4.69, 9.17) is 0 Å². The summed E-state index contributed by atoms with van der Waals surface area (Å²) in [7, 11) is 0. The van der Waals surface area contributed by atoms with Crippen LogP contribution in [0.15, 0.2) is 23.8 Å². The van der Waals surface area contributed by atoms with Crippen LogP contribution in [0.5, 0.6) is 0 Å². The van der Waals surface area contributed by atoms with Crippen LogP contribution in [-0.2, 0) is 4.79 Å². The molecule has 0 unspecified atom stereocenters. The van der Waals surface area contributed by atoms with Crippen molar-refractivity contribution < 1.29 is 15.0 Å². The lowest BCUT2D eigenvalue weighted by Gasteiger charge is -2.19. The first-order chi connectivity index (χ1) is 14.6. The van der Waals surface area contributed by atoms with Gasteiger partial charge in [-0.3, -0.25) is 4.79 Å². The van der Waals surface area contributed by atoms with Crippen molar-refractivity contribution in [2.75, 3.05) is 13.1 Å². The molecule has 168 valence electrons. The molecule has 4 nitrogen and oxygen atoms in total. The van der Waals surface area contributed by atoms with Crippen molar-refractivity contribution in [3.05, 3.63) is 23.8 Å². The molecule has 5 atom stereocenters. The number of likely N-dealkylation sites (tertiary alicyclic amines) is 1. The van der Waals surface area contributed by atoms with Gasteiger partial charge >= 0.3 is 0 Å². The molecule has 2 N–H and O–H groups in total. The van der Waals surface area contributed by atoms with E-state index in [9.17, 15) is 15.0 Å². The number of hydrogen-bond acceptors (Lipinski definition) is 3. The fourth-order valence-electron chi connectivity index (χ4n) is 6.47. The second-order valence-corrected chi connectivity index (χ2v) is 10.4. The summed E-state index contributed by atoms with van der Waals surface area (Å²) in [6.45, 7) is 1.92. The van der Waals surface area contributed by atoms with Crippen LogP contribution in [0, 0.1) is 23.7 Å². The Balaban J connectivity index is 1.19. The molecular formula is C26H41NO3. The highest BCUT2D eigenvalue weighted by Gasteiger charge is 2.43. The van der Waals surface area contributed by atoms with Crippen LogP contribution in [0.2, 0.25) is 0 Å². The Kier molecular flexibility index (Phi) is 7.69. The summed E-state index contributed by atoms with van der Waals surface area (Å²) in [5.74, 6) is 2.19. The average Bonchev–Trinajstić information content (AvgIpc) is 3.49. The van der Waals surface area contributed by atoms with Crippen LogP contribution >= 0.6 is 0 Å². The largest absolute Gasteiger partial charge is 0.392 e. The Morgan fingerprint density at radius 3 is 2.70 bits per heavy atom. The molecule has 0 aromatic carbocycles. The van der Waals surface area contributed by atoms with Gasteiger partial charge in [-0.25, -0.2) is 0 Å². The van der Waals surface area contributed by atoms with E-state index < -0.39 is 0 Å². The van der Waals surface area contributed by atoms with E-state index >= 15 is 0 Å². The number of aliphatic hydroxyl groups excluding tert-OH is 2. The van der Waals surface area contributed by atoms with E-state index in [2.05, 4.69) is 12.2 Å². The summed E-state index contributed by atoms with van der Waals surface area (Å²) in [5.41, 5.74) is 1.52. The second-order valence-electron chi connectivity index (χ2n) is 10.4. The number of aliphatic hydroxyl groups is 2. The predicted molar refractivity (Wildman–Crippen MR) is 120 cm³/mol. The van der Waals surface area contributed by atoms with Gasteiger partial charge in [-0.05, 0) is 69.1 Å². The smallest absolute Gasteiger partial charge is 0.222 e. The maximum Gasteiger partial charge on any atom is 0.222 e. The van der Waals surface area contributed by atoms with E-state index in [0.717, 1.165) is 51.6 Å². The van der Waals surface area contributed by atoms with Crippen LogP contribution in [0.4, 0.5) is 0 Å². The zero-order valence-electron chi connectivity index (χ0n) is 18.6. The Morgan fingerprint density at radius 1 is 1.17 bits per heavy atom. The molecule has 1 aliphatic heterocycles. The van der Waals surface area contributed by atoms with E-state index in [1.54, 1.807) is 0 Å². The molecule has 0 aromatic heterocycles. The van der Waals surface area contributed by atoms with Crippen molar-refractivity contribution >= 4 is 5.91 Å². The Bertz CT molecular complexity index is 630. The highest BCUT2D eigenvalue weighted by atomic mass is 16.3. The number of amides is 1. The molecule has 0 bridgehead atoms. The molecule has 1 saturated heterocycles. The highest BCUT2D eigenvalue weighted by Crippen LogP contribution is 2.48. The maximum atomic E-state index is 12.2. The Hall–Kier alpha value is -1.13. The van der Waals surface area contributed by atoms with E-state index in [0.29, 0.717) is 30.1 Å². The number of carbonyl (C=O) groups is 1. The van der Waals surface area contributed by atoms with Crippen molar-refractivity contribution in [2.45, 2.75) is 95.7 Å². The molecular weight excluding hydrogens is 374 g/mol. The van der Waals surface area contributed by atoms with Crippen LogP contribution in [0.1, 0.15) is 83.5 Å². The lowest BCUT2D eigenvalue weighted by Crippen LogP contribution is -2.27. The first kappa shape index (κ1) is 22.1. The number of hydrogen-bond donors (Lipinski definition) is 2. The molecule has 0 aromatic rings. The first-order valence-electron chi connectivity index (χ1n) is 12.6. The van der Waals surface area contributed by atoms with Crippen molar-refractivity contribution in [3.8, 4) is 0 Å². The average molecular weight is 416 g/mol. The molecule has 0 radical (unpaired) electrons. The van der Waals surface area contributed by atoms with Gasteiger partial charge < -0.3 is 15.1 Å². The van der Waals surface area contributed by atoms with Gasteiger partial charge in [0.2, 0.25) is 5.91 Å². The summed E-state index contributed by atoms with van der Waals surface area (Å²) in [6.07, 6.45) is 20.0. The number of rotatable bonds is 9. The minimum absolute atomic E-state index is 0.179. The maximum absolute atomic E-state index is 12.2.